The van der Waals surface area contributed by atoms with Crippen molar-refractivity contribution < 1.29 is 4.74 Å². The average Bonchev–Trinajstić information content (AvgIpc) is 2.95. The molecule has 3 heterocycles. The average molecular weight is 338 g/mol. The first-order valence-corrected chi connectivity index (χ1v) is 8.56. The molecule has 0 atom stereocenters. The predicted molar refractivity (Wildman–Crippen MR) is 93.9 cm³/mol. The lowest BCUT2D eigenvalue weighted by molar-refractivity contribution is 0.184. The number of pyridine rings is 2. The third-order valence-electron chi connectivity index (χ3n) is 3.63. The molecule has 24 heavy (non-hydrogen) atoms. The first-order chi connectivity index (χ1) is 11.6. The lowest BCUT2D eigenvalue weighted by Gasteiger charge is -2.09. The molecule has 6 heteroatoms. The van der Waals surface area contributed by atoms with Gasteiger partial charge in [0.05, 0.1) is 17.9 Å². The number of ether oxygens (including phenoxy) is 1. The van der Waals surface area contributed by atoms with Crippen LogP contribution >= 0.6 is 11.8 Å². The molecule has 0 fully saturated rings. The summed E-state index contributed by atoms with van der Waals surface area (Å²) >= 11 is 1.53. The van der Waals surface area contributed by atoms with E-state index in [-0.39, 0.29) is 0 Å². The summed E-state index contributed by atoms with van der Waals surface area (Å²) in [7, 11) is 1.63. The first kappa shape index (κ1) is 16.5. The molecule has 0 radical (unpaired) electrons. The Hall–Kier alpha value is -2.36. The molecule has 122 valence electrons. The van der Waals surface area contributed by atoms with Crippen molar-refractivity contribution in [3.05, 3.63) is 58.7 Å². The Morgan fingerprint density at radius 1 is 1.29 bits per heavy atom. The maximum absolute atomic E-state index is 9.48. The number of hydrogen-bond donors (Lipinski definition) is 0. The maximum Gasteiger partial charge on any atom is 0.137 e. The Morgan fingerprint density at radius 2 is 2.12 bits per heavy atom. The Morgan fingerprint density at radius 3 is 2.88 bits per heavy atom. The van der Waals surface area contributed by atoms with Gasteiger partial charge in [-0.1, -0.05) is 11.8 Å². The summed E-state index contributed by atoms with van der Waals surface area (Å²) in [4.78, 5) is 9.15. The van der Waals surface area contributed by atoms with Crippen LogP contribution in [0.5, 0.6) is 0 Å². The zero-order chi connectivity index (χ0) is 17.1. The lowest BCUT2D eigenvalue weighted by atomic mass is 10.1. The van der Waals surface area contributed by atoms with Crippen molar-refractivity contribution in [3.63, 3.8) is 0 Å². The summed E-state index contributed by atoms with van der Waals surface area (Å²) in [6, 6.07) is 8.27. The van der Waals surface area contributed by atoms with E-state index in [0.29, 0.717) is 17.9 Å². The summed E-state index contributed by atoms with van der Waals surface area (Å²) in [5, 5.41) is 10.2. The van der Waals surface area contributed by atoms with Crippen LogP contribution in [0.3, 0.4) is 0 Å². The molecule has 0 unspecified atom stereocenters. The van der Waals surface area contributed by atoms with Crippen molar-refractivity contribution in [2.75, 3.05) is 7.11 Å². The van der Waals surface area contributed by atoms with Crippen LogP contribution in [-0.2, 0) is 17.1 Å². The van der Waals surface area contributed by atoms with Crippen LogP contribution in [0.4, 0.5) is 0 Å². The van der Waals surface area contributed by atoms with Crippen LogP contribution in [0.15, 0.2) is 35.6 Å². The Kier molecular flexibility index (Phi) is 4.84. The SMILES string of the molecule is COCc1cc(C)nc(SCc2cn3ccc(C)cc3n2)c1C#N. The number of rotatable bonds is 5. The third-order valence-corrected chi connectivity index (χ3v) is 4.64. The number of aromatic nitrogens is 3. The van der Waals surface area contributed by atoms with E-state index in [2.05, 4.69) is 35.1 Å². The van der Waals surface area contributed by atoms with Crippen molar-refractivity contribution in [3.8, 4) is 6.07 Å². The number of hydrogen-bond acceptors (Lipinski definition) is 5. The quantitative estimate of drug-likeness (QED) is 0.664. The van der Waals surface area contributed by atoms with Gasteiger partial charge in [0.2, 0.25) is 0 Å². The zero-order valence-electron chi connectivity index (χ0n) is 13.9. The normalized spacial score (nSPS) is 10.9. The highest BCUT2D eigenvalue weighted by molar-refractivity contribution is 7.98. The fraction of sp³-hybridized carbons (Fsp3) is 0.278. The van der Waals surface area contributed by atoms with Crippen molar-refractivity contribution in [1.29, 1.82) is 5.26 Å². The minimum Gasteiger partial charge on any atom is -0.380 e. The van der Waals surface area contributed by atoms with Gasteiger partial charge in [0.25, 0.3) is 0 Å². The molecule has 5 nitrogen and oxygen atoms in total. The number of aryl methyl sites for hydroxylation is 2. The molecule has 0 bridgehead atoms. The van der Waals surface area contributed by atoms with Gasteiger partial charge in [0.15, 0.2) is 0 Å². The standard InChI is InChI=1S/C18H18N4OS/c1-12-4-5-22-9-15(21-17(22)6-12)11-24-18-16(8-19)14(10-23-3)7-13(2)20-18/h4-7,9H,10-11H2,1-3H3. The highest BCUT2D eigenvalue weighted by Gasteiger charge is 2.13. The molecule has 0 saturated carbocycles. The van der Waals surface area contributed by atoms with E-state index in [4.69, 9.17) is 4.74 Å². The minimum atomic E-state index is 0.410. The summed E-state index contributed by atoms with van der Waals surface area (Å²) < 4.78 is 7.20. The number of nitrogens with zero attached hydrogens (tertiary/aromatic N) is 4. The van der Waals surface area contributed by atoms with E-state index in [1.54, 1.807) is 7.11 Å². The van der Waals surface area contributed by atoms with Gasteiger partial charge in [-0.15, -0.1) is 0 Å². The fourth-order valence-corrected chi connectivity index (χ4v) is 3.50. The van der Waals surface area contributed by atoms with Crippen LogP contribution in [-0.4, -0.2) is 21.5 Å². The maximum atomic E-state index is 9.48. The second-order valence-electron chi connectivity index (χ2n) is 5.64. The fourth-order valence-electron chi connectivity index (χ4n) is 2.55. The molecule has 0 amide bonds. The molecule has 3 aromatic rings. The van der Waals surface area contributed by atoms with Gasteiger partial charge in [0, 0.05) is 31.0 Å². The number of methoxy groups -OCH3 is 1. The summed E-state index contributed by atoms with van der Waals surface area (Å²) in [5.74, 6) is 0.665. The lowest BCUT2D eigenvalue weighted by Crippen LogP contribution is -1.99. The van der Waals surface area contributed by atoms with Crippen LogP contribution in [0.2, 0.25) is 0 Å². The van der Waals surface area contributed by atoms with Gasteiger partial charge in [-0.05, 0) is 43.2 Å². The van der Waals surface area contributed by atoms with Crippen LogP contribution < -0.4 is 0 Å². The Bertz CT molecular complexity index is 927. The molecule has 0 spiro atoms. The van der Waals surface area contributed by atoms with Crippen molar-refractivity contribution in [2.45, 2.75) is 31.2 Å². The molecular weight excluding hydrogens is 320 g/mol. The molecule has 3 rings (SSSR count). The van der Waals surface area contributed by atoms with Gasteiger partial charge in [-0.3, -0.25) is 0 Å². The highest BCUT2D eigenvalue weighted by atomic mass is 32.2. The van der Waals surface area contributed by atoms with Crippen LogP contribution in [0, 0.1) is 25.2 Å². The summed E-state index contributed by atoms with van der Waals surface area (Å²) in [5.41, 5.74) is 5.43. The summed E-state index contributed by atoms with van der Waals surface area (Å²) in [6.45, 7) is 4.39. The molecule has 0 aromatic carbocycles. The van der Waals surface area contributed by atoms with E-state index < -0.39 is 0 Å². The monoisotopic (exact) mass is 338 g/mol. The summed E-state index contributed by atoms with van der Waals surface area (Å²) in [6.07, 6.45) is 4.02. The molecular formula is C18H18N4OS. The topological polar surface area (TPSA) is 63.2 Å². The van der Waals surface area contributed by atoms with Crippen molar-refractivity contribution in [2.24, 2.45) is 0 Å². The van der Waals surface area contributed by atoms with E-state index in [0.717, 1.165) is 27.6 Å². The highest BCUT2D eigenvalue weighted by Crippen LogP contribution is 2.27. The first-order valence-electron chi connectivity index (χ1n) is 7.57. The van der Waals surface area contributed by atoms with E-state index in [1.807, 2.05) is 29.8 Å². The predicted octanol–water partition coefficient (Wildman–Crippen LogP) is 3.66. The second-order valence-corrected chi connectivity index (χ2v) is 6.60. The third kappa shape index (κ3) is 3.42. The van der Waals surface area contributed by atoms with Gasteiger partial charge in [0.1, 0.15) is 16.7 Å². The van der Waals surface area contributed by atoms with E-state index in [9.17, 15) is 5.26 Å². The molecule has 0 aliphatic heterocycles. The molecule has 3 aromatic heterocycles. The number of imidazole rings is 1. The van der Waals surface area contributed by atoms with Gasteiger partial charge in [-0.25, -0.2) is 9.97 Å². The minimum absolute atomic E-state index is 0.410. The van der Waals surface area contributed by atoms with E-state index >= 15 is 0 Å². The second kappa shape index (κ2) is 7.04. The molecule has 0 aliphatic rings. The van der Waals surface area contributed by atoms with Crippen LogP contribution in [0.25, 0.3) is 5.65 Å². The van der Waals surface area contributed by atoms with Crippen LogP contribution in [0.1, 0.15) is 28.1 Å². The smallest absolute Gasteiger partial charge is 0.137 e. The Labute approximate surface area is 145 Å². The molecule has 0 saturated heterocycles. The number of nitriles is 1. The molecule has 0 aliphatic carbocycles. The van der Waals surface area contributed by atoms with Crippen molar-refractivity contribution in [1.82, 2.24) is 14.4 Å². The molecule has 0 N–H and O–H groups in total. The van der Waals surface area contributed by atoms with Gasteiger partial charge in [-0.2, -0.15) is 5.26 Å². The number of thioether (sulfide) groups is 1. The van der Waals surface area contributed by atoms with E-state index in [1.165, 1.54) is 17.3 Å². The number of fused-ring (bicyclic) bond motifs is 1. The van der Waals surface area contributed by atoms with Crippen molar-refractivity contribution >= 4 is 17.4 Å². The zero-order valence-corrected chi connectivity index (χ0v) is 14.7. The largest absolute Gasteiger partial charge is 0.380 e. The van der Waals surface area contributed by atoms with Gasteiger partial charge >= 0.3 is 0 Å². The Balaban J connectivity index is 1.86. The van der Waals surface area contributed by atoms with Gasteiger partial charge < -0.3 is 9.14 Å².